The molecule has 1 saturated heterocycles. The zero-order valence-corrected chi connectivity index (χ0v) is 11.0. The molecule has 0 bridgehead atoms. The standard InChI is InChI=1S/C11H15N3O4S/c15-11(16)9-5-2-4-8-14(9)19(17,18)13-10-6-1-3-7-12-10/h1,3,6-7,9H,2,4-5,8H2,(H,12,13)(H,15,16). The SMILES string of the molecule is O=C(O)C1CCCCN1S(=O)(=O)Nc1ccccn1. The van der Waals surface area contributed by atoms with Gasteiger partial charge in [0.2, 0.25) is 0 Å². The second-order valence-electron chi connectivity index (χ2n) is 4.28. The molecule has 1 aromatic heterocycles. The second-order valence-corrected chi connectivity index (χ2v) is 5.91. The van der Waals surface area contributed by atoms with Crippen LogP contribution in [0, 0.1) is 0 Å². The van der Waals surface area contributed by atoms with Gasteiger partial charge in [0.1, 0.15) is 11.9 Å². The molecule has 7 nitrogen and oxygen atoms in total. The van der Waals surface area contributed by atoms with Crippen LogP contribution in [0.15, 0.2) is 24.4 Å². The molecule has 1 fully saturated rings. The molecule has 1 aliphatic rings. The highest BCUT2D eigenvalue weighted by atomic mass is 32.2. The highest BCUT2D eigenvalue weighted by molar-refractivity contribution is 7.90. The molecule has 19 heavy (non-hydrogen) atoms. The quantitative estimate of drug-likeness (QED) is 0.847. The first-order valence-corrected chi connectivity index (χ1v) is 7.38. The molecule has 2 heterocycles. The summed E-state index contributed by atoms with van der Waals surface area (Å²) in [5.41, 5.74) is 0. The minimum atomic E-state index is -3.89. The molecule has 1 aromatic rings. The van der Waals surface area contributed by atoms with Gasteiger partial charge in [-0.25, -0.2) is 4.98 Å². The van der Waals surface area contributed by atoms with Crippen molar-refractivity contribution in [2.24, 2.45) is 0 Å². The molecule has 0 spiro atoms. The maximum absolute atomic E-state index is 12.2. The van der Waals surface area contributed by atoms with E-state index < -0.39 is 22.2 Å². The lowest BCUT2D eigenvalue weighted by atomic mass is 10.1. The highest BCUT2D eigenvalue weighted by Gasteiger charge is 2.36. The lowest BCUT2D eigenvalue weighted by Gasteiger charge is -2.31. The third kappa shape index (κ3) is 3.21. The van der Waals surface area contributed by atoms with Crippen LogP contribution in [0.3, 0.4) is 0 Å². The van der Waals surface area contributed by atoms with Crippen LogP contribution in [-0.4, -0.2) is 41.4 Å². The summed E-state index contributed by atoms with van der Waals surface area (Å²) in [7, 11) is -3.89. The summed E-state index contributed by atoms with van der Waals surface area (Å²) in [5, 5.41) is 9.09. The van der Waals surface area contributed by atoms with Crippen LogP contribution in [-0.2, 0) is 15.0 Å². The summed E-state index contributed by atoms with van der Waals surface area (Å²) in [5.74, 6) is -0.941. The van der Waals surface area contributed by atoms with Gasteiger partial charge in [0.15, 0.2) is 0 Å². The molecule has 0 aliphatic carbocycles. The predicted octanol–water partition coefficient (Wildman–Crippen LogP) is 0.677. The minimum absolute atomic E-state index is 0.178. The first-order valence-electron chi connectivity index (χ1n) is 5.94. The largest absolute Gasteiger partial charge is 0.480 e. The van der Waals surface area contributed by atoms with Crippen molar-refractivity contribution >= 4 is 22.0 Å². The molecule has 1 unspecified atom stereocenters. The van der Waals surface area contributed by atoms with Gasteiger partial charge in [-0.05, 0) is 31.4 Å². The van der Waals surface area contributed by atoms with Gasteiger partial charge >= 0.3 is 16.2 Å². The number of carboxylic acid groups (broad SMARTS) is 1. The maximum atomic E-state index is 12.2. The lowest BCUT2D eigenvalue weighted by Crippen LogP contribution is -2.50. The topological polar surface area (TPSA) is 99.6 Å². The Bertz CT molecular complexity index is 546. The third-order valence-electron chi connectivity index (χ3n) is 2.95. The van der Waals surface area contributed by atoms with E-state index in [2.05, 4.69) is 9.71 Å². The number of piperidine rings is 1. The summed E-state index contributed by atoms with van der Waals surface area (Å²) in [4.78, 5) is 15.0. The van der Waals surface area contributed by atoms with Crippen LogP contribution >= 0.6 is 0 Å². The van der Waals surface area contributed by atoms with Gasteiger partial charge in [0, 0.05) is 12.7 Å². The van der Waals surface area contributed by atoms with E-state index in [-0.39, 0.29) is 12.4 Å². The van der Waals surface area contributed by atoms with Gasteiger partial charge in [0.25, 0.3) is 0 Å². The Kier molecular flexibility index (Phi) is 4.01. The van der Waals surface area contributed by atoms with E-state index in [1.54, 1.807) is 12.1 Å². The number of nitrogens with one attached hydrogen (secondary N) is 1. The fourth-order valence-corrected chi connectivity index (χ4v) is 3.46. The van der Waals surface area contributed by atoms with Crippen LogP contribution in [0.4, 0.5) is 5.82 Å². The fraction of sp³-hybridized carbons (Fsp3) is 0.455. The summed E-state index contributed by atoms with van der Waals surface area (Å²) in [6.45, 7) is 0.207. The van der Waals surface area contributed by atoms with Crippen molar-refractivity contribution in [1.29, 1.82) is 0 Å². The zero-order valence-electron chi connectivity index (χ0n) is 10.2. The average molecular weight is 285 g/mol. The van der Waals surface area contributed by atoms with Crippen LogP contribution in [0.1, 0.15) is 19.3 Å². The number of carbonyl (C=O) groups is 1. The molecule has 0 aromatic carbocycles. The Balaban J connectivity index is 2.20. The van der Waals surface area contributed by atoms with E-state index >= 15 is 0 Å². The fourth-order valence-electron chi connectivity index (χ4n) is 2.05. The van der Waals surface area contributed by atoms with Crippen molar-refractivity contribution in [3.63, 3.8) is 0 Å². The van der Waals surface area contributed by atoms with Gasteiger partial charge in [-0.15, -0.1) is 0 Å². The first kappa shape index (κ1) is 13.8. The minimum Gasteiger partial charge on any atom is -0.480 e. The number of anilines is 1. The molecular formula is C11H15N3O4S. The monoisotopic (exact) mass is 285 g/mol. The lowest BCUT2D eigenvalue weighted by molar-refractivity contribution is -0.142. The predicted molar refractivity (Wildman–Crippen MR) is 68.8 cm³/mol. The Labute approximate surface area is 111 Å². The van der Waals surface area contributed by atoms with Crippen molar-refractivity contribution in [3.8, 4) is 0 Å². The molecule has 0 amide bonds. The highest BCUT2D eigenvalue weighted by Crippen LogP contribution is 2.21. The van der Waals surface area contributed by atoms with E-state index in [1.165, 1.54) is 12.3 Å². The first-order chi connectivity index (χ1) is 9.00. The number of nitrogens with zero attached hydrogens (tertiary/aromatic N) is 2. The normalized spacial score (nSPS) is 20.9. The summed E-state index contributed by atoms with van der Waals surface area (Å²) < 4.78 is 27.7. The van der Waals surface area contributed by atoms with Gasteiger partial charge in [-0.1, -0.05) is 6.07 Å². The van der Waals surface area contributed by atoms with Gasteiger partial charge in [0.05, 0.1) is 0 Å². The number of aliphatic carboxylic acids is 1. The van der Waals surface area contributed by atoms with Crippen LogP contribution < -0.4 is 4.72 Å². The number of aromatic nitrogens is 1. The molecular weight excluding hydrogens is 270 g/mol. The van der Waals surface area contributed by atoms with E-state index in [0.717, 1.165) is 4.31 Å². The molecule has 1 atom stereocenters. The van der Waals surface area contributed by atoms with E-state index in [0.29, 0.717) is 19.3 Å². The molecule has 8 heteroatoms. The Morgan fingerprint density at radius 2 is 2.21 bits per heavy atom. The second kappa shape index (κ2) is 5.54. The smallest absolute Gasteiger partial charge is 0.322 e. The Morgan fingerprint density at radius 3 is 2.84 bits per heavy atom. The van der Waals surface area contributed by atoms with Crippen LogP contribution in [0.2, 0.25) is 0 Å². The number of pyridine rings is 1. The molecule has 0 saturated carbocycles. The van der Waals surface area contributed by atoms with Crippen molar-refractivity contribution in [2.75, 3.05) is 11.3 Å². The number of hydrogen-bond acceptors (Lipinski definition) is 4. The third-order valence-corrected chi connectivity index (χ3v) is 4.47. The van der Waals surface area contributed by atoms with E-state index in [1.807, 2.05) is 0 Å². The van der Waals surface area contributed by atoms with Crippen molar-refractivity contribution < 1.29 is 18.3 Å². The molecule has 104 valence electrons. The molecule has 2 N–H and O–H groups in total. The van der Waals surface area contributed by atoms with Gasteiger partial charge in [-0.2, -0.15) is 12.7 Å². The average Bonchev–Trinajstić information content (AvgIpc) is 2.39. The number of carboxylic acids is 1. The Hall–Kier alpha value is -1.67. The van der Waals surface area contributed by atoms with Gasteiger partial charge in [-0.3, -0.25) is 9.52 Å². The number of rotatable bonds is 4. The Morgan fingerprint density at radius 1 is 1.42 bits per heavy atom. The maximum Gasteiger partial charge on any atom is 0.322 e. The molecule has 0 radical (unpaired) electrons. The molecule has 1 aliphatic heterocycles. The molecule has 2 rings (SSSR count). The summed E-state index contributed by atoms with van der Waals surface area (Å²) >= 11 is 0. The van der Waals surface area contributed by atoms with Crippen molar-refractivity contribution in [3.05, 3.63) is 24.4 Å². The van der Waals surface area contributed by atoms with E-state index in [4.69, 9.17) is 5.11 Å². The summed E-state index contributed by atoms with van der Waals surface area (Å²) in [6.07, 6.45) is 3.17. The van der Waals surface area contributed by atoms with Crippen molar-refractivity contribution in [2.45, 2.75) is 25.3 Å². The zero-order chi connectivity index (χ0) is 13.9. The van der Waals surface area contributed by atoms with Crippen molar-refractivity contribution in [1.82, 2.24) is 9.29 Å². The number of hydrogen-bond donors (Lipinski definition) is 2. The van der Waals surface area contributed by atoms with E-state index in [9.17, 15) is 13.2 Å². The summed E-state index contributed by atoms with van der Waals surface area (Å²) in [6, 6.07) is 3.82. The van der Waals surface area contributed by atoms with Gasteiger partial charge < -0.3 is 5.11 Å². The van der Waals surface area contributed by atoms with Crippen LogP contribution in [0.25, 0.3) is 0 Å². The van der Waals surface area contributed by atoms with Crippen LogP contribution in [0.5, 0.6) is 0 Å².